The van der Waals surface area contributed by atoms with Crippen molar-refractivity contribution in [2.75, 3.05) is 13.2 Å². The topological polar surface area (TPSA) is 93.1 Å². The second-order valence-electron chi connectivity index (χ2n) is 16.2. The van der Waals surface area contributed by atoms with Crippen LogP contribution in [0.3, 0.4) is 0 Å². The van der Waals surface area contributed by atoms with E-state index in [-0.39, 0.29) is 22.6 Å². The van der Waals surface area contributed by atoms with Crippen molar-refractivity contribution in [2.24, 2.45) is 0 Å². The molecule has 0 saturated carbocycles. The van der Waals surface area contributed by atoms with Gasteiger partial charge in [-0.05, 0) is 76.3 Å². The van der Waals surface area contributed by atoms with E-state index in [1.165, 1.54) is 166 Å². The summed E-state index contributed by atoms with van der Waals surface area (Å²) >= 11 is 0. The minimum Gasteiger partial charge on any atom is -0.493 e. The van der Waals surface area contributed by atoms with E-state index in [9.17, 15) is 19.8 Å². The number of hydrogen-bond acceptors (Lipinski definition) is 4. The van der Waals surface area contributed by atoms with E-state index in [1.807, 2.05) is 0 Å². The number of hydrogen-bond donors (Lipinski definition) is 2. The highest BCUT2D eigenvalue weighted by Gasteiger charge is 2.21. The molecule has 58 heavy (non-hydrogen) atoms. The van der Waals surface area contributed by atoms with E-state index in [0.717, 1.165) is 51.4 Å². The van der Waals surface area contributed by atoms with Gasteiger partial charge in [-0.2, -0.15) is 0 Å². The summed E-state index contributed by atoms with van der Waals surface area (Å²) in [6.45, 7) is 5.23. The summed E-state index contributed by atoms with van der Waals surface area (Å²) in [7, 11) is 0. The second-order valence-corrected chi connectivity index (χ2v) is 16.2. The van der Waals surface area contributed by atoms with Crippen LogP contribution in [-0.4, -0.2) is 35.4 Å². The van der Waals surface area contributed by atoms with Crippen molar-refractivity contribution in [3.8, 4) is 11.5 Å². The predicted octanol–water partition coefficient (Wildman–Crippen LogP) is 16.6. The van der Waals surface area contributed by atoms with E-state index in [1.54, 1.807) is 0 Å². The van der Waals surface area contributed by atoms with Gasteiger partial charge in [0.05, 0.1) is 13.2 Å². The number of benzene rings is 1. The molecule has 0 aromatic heterocycles. The molecule has 0 spiro atoms. The van der Waals surface area contributed by atoms with Gasteiger partial charge >= 0.3 is 11.9 Å². The summed E-state index contributed by atoms with van der Waals surface area (Å²) < 4.78 is 11.6. The van der Waals surface area contributed by atoms with Gasteiger partial charge in [0.1, 0.15) is 22.6 Å². The van der Waals surface area contributed by atoms with Gasteiger partial charge in [0.2, 0.25) is 0 Å². The zero-order chi connectivity index (χ0) is 42.0. The van der Waals surface area contributed by atoms with Crippen LogP contribution in [0.4, 0.5) is 0 Å². The smallest absolute Gasteiger partial charge is 0.339 e. The van der Waals surface area contributed by atoms with Crippen LogP contribution in [0.15, 0.2) is 60.7 Å². The Balaban J connectivity index is 2.15. The number of rotatable bonds is 42. The monoisotopic (exact) mass is 807 g/mol. The molecule has 0 heterocycles. The Morgan fingerprint density at radius 1 is 0.397 bits per heavy atom. The molecule has 0 amide bonds. The lowest BCUT2D eigenvalue weighted by Crippen LogP contribution is -2.10. The highest BCUT2D eigenvalue weighted by Crippen LogP contribution is 2.30. The molecule has 6 heteroatoms. The predicted molar refractivity (Wildman–Crippen MR) is 247 cm³/mol. The molecule has 0 aliphatic carbocycles. The molecule has 0 atom stereocenters. The largest absolute Gasteiger partial charge is 0.493 e. The lowest BCUT2D eigenvalue weighted by Gasteiger charge is -2.14. The first-order valence-electron chi connectivity index (χ1n) is 24.0. The Labute approximate surface area is 356 Å². The average Bonchev–Trinajstić information content (AvgIpc) is 3.21. The minimum atomic E-state index is -1.16. The van der Waals surface area contributed by atoms with E-state index < -0.39 is 11.9 Å². The molecule has 0 aliphatic rings. The highest BCUT2D eigenvalue weighted by molar-refractivity contribution is 5.97. The summed E-state index contributed by atoms with van der Waals surface area (Å²) in [6.07, 6.45) is 57.0. The Hall–Kier alpha value is -3.28. The lowest BCUT2D eigenvalue weighted by molar-refractivity contribution is 0.0672. The molecular weight excluding hydrogens is 721 g/mol. The van der Waals surface area contributed by atoms with Crippen LogP contribution in [-0.2, 0) is 0 Å². The molecule has 0 unspecified atom stereocenters. The number of allylic oxidation sites excluding steroid dienone is 8. The molecule has 0 radical (unpaired) electrons. The zero-order valence-electron chi connectivity index (χ0n) is 37.3. The summed E-state index contributed by atoms with van der Waals surface area (Å²) in [6, 6.07) is 2.62. The van der Waals surface area contributed by atoms with Gasteiger partial charge in [-0.3, -0.25) is 0 Å². The maximum Gasteiger partial charge on any atom is 0.339 e. The third-order valence-corrected chi connectivity index (χ3v) is 10.8. The summed E-state index contributed by atoms with van der Waals surface area (Å²) in [5.74, 6) is -2.14. The summed E-state index contributed by atoms with van der Waals surface area (Å²) in [5.41, 5.74) is -0.126. The van der Waals surface area contributed by atoms with Gasteiger partial charge in [0.25, 0.3) is 0 Å². The number of carbonyl (C=O) groups is 2. The van der Waals surface area contributed by atoms with Crippen LogP contribution in [0, 0.1) is 0 Å². The van der Waals surface area contributed by atoms with Crippen molar-refractivity contribution >= 4 is 11.9 Å². The van der Waals surface area contributed by atoms with Crippen LogP contribution in [0.25, 0.3) is 0 Å². The minimum absolute atomic E-state index is 0.0629. The molecule has 0 bridgehead atoms. The quantitative estimate of drug-likeness (QED) is 0.0505. The second kappa shape index (κ2) is 40.5. The first-order chi connectivity index (χ1) is 28.5. The number of aromatic carboxylic acids is 2. The van der Waals surface area contributed by atoms with E-state index in [0.29, 0.717) is 13.2 Å². The van der Waals surface area contributed by atoms with Crippen LogP contribution in [0.5, 0.6) is 11.5 Å². The van der Waals surface area contributed by atoms with Gasteiger partial charge in [0, 0.05) is 0 Å². The Morgan fingerprint density at radius 3 is 0.897 bits per heavy atom. The van der Waals surface area contributed by atoms with Gasteiger partial charge in [-0.1, -0.05) is 204 Å². The molecule has 0 fully saturated rings. The van der Waals surface area contributed by atoms with Crippen molar-refractivity contribution in [3.05, 3.63) is 71.9 Å². The summed E-state index contributed by atoms with van der Waals surface area (Å²) in [4.78, 5) is 24.1. The zero-order valence-corrected chi connectivity index (χ0v) is 37.3. The maximum atomic E-state index is 12.0. The third kappa shape index (κ3) is 31.7. The van der Waals surface area contributed by atoms with Gasteiger partial charge < -0.3 is 19.7 Å². The number of ether oxygens (including phenoxy) is 2. The van der Waals surface area contributed by atoms with Gasteiger partial charge in [-0.25, -0.2) is 9.59 Å². The Bertz CT molecular complexity index is 1150. The molecule has 330 valence electrons. The van der Waals surface area contributed by atoms with Crippen molar-refractivity contribution in [3.63, 3.8) is 0 Å². The lowest BCUT2D eigenvalue weighted by atomic mass is 10.1. The normalized spacial score (nSPS) is 11.9. The van der Waals surface area contributed by atoms with Gasteiger partial charge in [-0.15, -0.1) is 0 Å². The van der Waals surface area contributed by atoms with E-state index in [4.69, 9.17) is 9.47 Å². The van der Waals surface area contributed by atoms with Crippen LogP contribution >= 0.6 is 0 Å². The molecule has 1 aromatic rings. The van der Waals surface area contributed by atoms with Crippen LogP contribution in [0.2, 0.25) is 0 Å². The van der Waals surface area contributed by atoms with E-state index in [2.05, 4.69) is 62.5 Å². The fourth-order valence-corrected chi connectivity index (χ4v) is 7.13. The molecule has 1 aromatic carbocycles. The number of carboxylic acids is 2. The molecular formula is C52H86O6. The fourth-order valence-electron chi connectivity index (χ4n) is 7.13. The summed E-state index contributed by atoms with van der Waals surface area (Å²) in [5, 5.41) is 19.7. The van der Waals surface area contributed by atoms with Crippen LogP contribution < -0.4 is 9.47 Å². The number of carboxylic acid groups (broad SMARTS) is 2. The highest BCUT2D eigenvalue weighted by atomic mass is 16.5. The maximum absolute atomic E-state index is 12.0. The number of unbranched alkanes of at least 4 members (excludes halogenated alkanes) is 28. The Kier molecular flexibility index (Phi) is 36.8. The molecule has 1 rings (SSSR count). The molecule has 6 nitrogen and oxygen atoms in total. The standard InChI is InChI=1S/C52H86O6/c1-3-5-7-9-11-13-15-17-19-21-23-25-27-29-31-33-35-37-39-41-43-57-49-45-48(52(55)56)50(46-47(49)51(53)54)58-44-42-40-38-36-34-32-30-28-26-24-22-20-18-16-14-12-10-8-6-4-2/h19-26,45-46H,3-18,27-44H2,1-2H3,(H,53,54)(H,55,56)/b21-19+,22-20+,25-23+,26-24+. The first kappa shape index (κ1) is 52.7. The first-order valence-corrected chi connectivity index (χ1v) is 24.0. The van der Waals surface area contributed by atoms with Gasteiger partial charge in [0.15, 0.2) is 0 Å². The molecule has 0 aliphatic heterocycles. The van der Waals surface area contributed by atoms with Crippen LogP contribution in [0.1, 0.15) is 240 Å². The van der Waals surface area contributed by atoms with Crippen molar-refractivity contribution in [1.82, 2.24) is 0 Å². The van der Waals surface area contributed by atoms with Crippen molar-refractivity contribution in [1.29, 1.82) is 0 Å². The average molecular weight is 807 g/mol. The van der Waals surface area contributed by atoms with E-state index >= 15 is 0 Å². The SMILES string of the molecule is CCCCCCCCC/C=C/C=C/CCCCCCCCCOc1cc(C(=O)O)c(OCCCCCCCCC/C=C/C=C/CCCCCCCCC)cc1C(=O)O. The molecule has 2 N–H and O–H groups in total. The van der Waals surface area contributed by atoms with Crippen molar-refractivity contribution < 1.29 is 29.3 Å². The molecule has 0 saturated heterocycles. The Morgan fingerprint density at radius 2 is 0.638 bits per heavy atom. The fraction of sp³-hybridized carbons (Fsp3) is 0.692. The van der Waals surface area contributed by atoms with Crippen molar-refractivity contribution in [2.45, 2.75) is 219 Å². The third-order valence-electron chi connectivity index (χ3n) is 10.8.